The molecule has 15 heavy (non-hydrogen) atoms. The number of benzene rings is 1. The van der Waals surface area contributed by atoms with Crippen LogP contribution in [-0.2, 0) is 0 Å². The van der Waals surface area contributed by atoms with Crippen molar-refractivity contribution in [1.82, 2.24) is 4.98 Å². The lowest BCUT2D eigenvalue weighted by Crippen LogP contribution is -1.92. The molecule has 0 aliphatic heterocycles. The fourth-order valence-corrected chi connectivity index (χ4v) is 1.77. The predicted octanol–water partition coefficient (Wildman–Crippen LogP) is 3.37. The van der Waals surface area contributed by atoms with Crippen LogP contribution in [0.15, 0.2) is 30.5 Å². The third kappa shape index (κ3) is 1.80. The van der Waals surface area contributed by atoms with E-state index >= 15 is 0 Å². The Morgan fingerprint density at radius 1 is 1.27 bits per heavy atom. The lowest BCUT2D eigenvalue weighted by molar-refractivity contribution is 0.413. The van der Waals surface area contributed by atoms with Crippen LogP contribution >= 0.6 is 0 Å². The van der Waals surface area contributed by atoms with Crippen molar-refractivity contribution in [3.05, 3.63) is 36.0 Å². The first-order chi connectivity index (χ1) is 7.22. The molecule has 0 saturated carbocycles. The van der Waals surface area contributed by atoms with Gasteiger partial charge in [0.05, 0.1) is 18.8 Å². The van der Waals surface area contributed by atoms with Gasteiger partial charge in [0.15, 0.2) is 0 Å². The number of methoxy groups -OCH3 is 1. The van der Waals surface area contributed by atoms with Crippen LogP contribution in [0.4, 0.5) is 0 Å². The summed E-state index contributed by atoms with van der Waals surface area (Å²) in [5, 5.41) is 1.19. The van der Waals surface area contributed by atoms with E-state index < -0.39 is 0 Å². The van der Waals surface area contributed by atoms with Gasteiger partial charge in [0.25, 0.3) is 0 Å². The molecule has 0 fully saturated rings. The summed E-state index contributed by atoms with van der Waals surface area (Å²) in [4.78, 5) is 4.37. The SMILES string of the molecule is COc1cnc2cccc(C(C)C)c2c1. The molecule has 0 bridgehead atoms. The molecule has 0 radical (unpaired) electrons. The Morgan fingerprint density at radius 2 is 2.07 bits per heavy atom. The first kappa shape index (κ1) is 9.97. The van der Waals surface area contributed by atoms with Gasteiger partial charge in [-0.1, -0.05) is 26.0 Å². The Labute approximate surface area is 89.9 Å². The maximum Gasteiger partial charge on any atom is 0.137 e. The van der Waals surface area contributed by atoms with E-state index in [1.165, 1.54) is 10.9 Å². The minimum Gasteiger partial charge on any atom is -0.495 e. The van der Waals surface area contributed by atoms with Gasteiger partial charge in [-0.3, -0.25) is 4.98 Å². The first-order valence-electron chi connectivity index (χ1n) is 5.15. The fraction of sp³-hybridized carbons (Fsp3) is 0.308. The zero-order chi connectivity index (χ0) is 10.8. The van der Waals surface area contributed by atoms with Gasteiger partial charge < -0.3 is 4.74 Å². The van der Waals surface area contributed by atoms with E-state index in [0.717, 1.165) is 11.3 Å². The molecule has 0 unspecified atom stereocenters. The van der Waals surface area contributed by atoms with E-state index in [1.54, 1.807) is 13.3 Å². The zero-order valence-corrected chi connectivity index (χ0v) is 9.32. The second-order valence-electron chi connectivity index (χ2n) is 3.94. The third-order valence-corrected chi connectivity index (χ3v) is 2.59. The molecule has 2 heteroatoms. The normalized spacial score (nSPS) is 10.9. The highest BCUT2D eigenvalue weighted by Gasteiger charge is 2.06. The Bertz CT molecular complexity index is 477. The van der Waals surface area contributed by atoms with Gasteiger partial charge in [-0.05, 0) is 23.6 Å². The largest absolute Gasteiger partial charge is 0.495 e. The number of aromatic nitrogens is 1. The van der Waals surface area contributed by atoms with Gasteiger partial charge >= 0.3 is 0 Å². The van der Waals surface area contributed by atoms with Crippen molar-refractivity contribution in [3.63, 3.8) is 0 Å². The van der Waals surface area contributed by atoms with Gasteiger partial charge in [0.1, 0.15) is 5.75 Å². The third-order valence-electron chi connectivity index (χ3n) is 2.59. The molecule has 2 nitrogen and oxygen atoms in total. The topological polar surface area (TPSA) is 22.1 Å². The van der Waals surface area contributed by atoms with E-state index in [4.69, 9.17) is 4.74 Å². The molecular weight excluding hydrogens is 186 g/mol. The lowest BCUT2D eigenvalue weighted by atomic mass is 9.98. The highest BCUT2D eigenvalue weighted by atomic mass is 16.5. The van der Waals surface area contributed by atoms with Crippen LogP contribution in [0.1, 0.15) is 25.3 Å². The predicted molar refractivity (Wildman–Crippen MR) is 62.4 cm³/mol. The monoisotopic (exact) mass is 201 g/mol. The highest BCUT2D eigenvalue weighted by molar-refractivity contribution is 5.83. The van der Waals surface area contributed by atoms with Crippen molar-refractivity contribution in [1.29, 1.82) is 0 Å². The second-order valence-corrected chi connectivity index (χ2v) is 3.94. The molecule has 2 aromatic rings. The van der Waals surface area contributed by atoms with Crippen LogP contribution in [0.3, 0.4) is 0 Å². The highest BCUT2D eigenvalue weighted by Crippen LogP contribution is 2.26. The molecule has 0 saturated heterocycles. The zero-order valence-electron chi connectivity index (χ0n) is 9.32. The summed E-state index contributed by atoms with van der Waals surface area (Å²) in [6.45, 7) is 4.38. The molecule has 2 rings (SSSR count). The molecule has 0 spiro atoms. The van der Waals surface area contributed by atoms with Crippen molar-refractivity contribution in [3.8, 4) is 5.75 Å². The molecular formula is C13H15NO. The Morgan fingerprint density at radius 3 is 2.73 bits per heavy atom. The van der Waals surface area contributed by atoms with Gasteiger partial charge in [0.2, 0.25) is 0 Å². The summed E-state index contributed by atoms with van der Waals surface area (Å²) in [6.07, 6.45) is 1.76. The quantitative estimate of drug-likeness (QED) is 0.743. The smallest absolute Gasteiger partial charge is 0.137 e. The van der Waals surface area contributed by atoms with Gasteiger partial charge in [-0.15, -0.1) is 0 Å². The Hall–Kier alpha value is -1.57. The molecule has 0 aliphatic carbocycles. The summed E-state index contributed by atoms with van der Waals surface area (Å²) in [5.41, 5.74) is 2.35. The van der Waals surface area contributed by atoms with Crippen LogP contribution in [0, 0.1) is 0 Å². The van der Waals surface area contributed by atoms with Crippen LogP contribution in [0.2, 0.25) is 0 Å². The van der Waals surface area contributed by atoms with Crippen molar-refractivity contribution in [2.45, 2.75) is 19.8 Å². The van der Waals surface area contributed by atoms with Crippen LogP contribution in [0.5, 0.6) is 5.75 Å². The van der Waals surface area contributed by atoms with E-state index in [1.807, 2.05) is 6.07 Å². The number of nitrogens with zero attached hydrogens (tertiary/aromatic N) is 1. The maximum atomic E-state index is 5.19. The Balaban J connectivity index is 2.70. The first-order valence-corrected chi connectivity index (χ1v) is 5.15. The lowest BCUT2D eigenvalue weighted by Gasteiger charge is -2.10. The molecule has 1 heterocycles. The fourth-order valence-electron chi connectivity index (χ4n) is 1.77. The minimum absolute atomic E-state index is 0.502. The molecule has 78 valence electrons. The number of rotatable bonds is 2. The summed E-state index contributed by atoms with van der Waals surface area (Å²) in [7, 11) is 1.67. The number of fused-ring (bicyclic) bond motifs is 1. The van der Waals surface area contributed by atoms with E-state index in [2.05, 4.69) is 37.0 Å². The van der Waals surface area contributed by atoms with Crippen molar-refractivity contribution in [2.24, 2.45) is 0 Å². The second kappa shape index (κ2) is 3.89. The van der Waals surface area contributed by atoms with Crippen LogP contribution in [0.25, 0.3) is 10.9 Å². The van der Waals surface area contributed by atoms with Crippen LogP contribution < -0.4 is 4.74 Å². The van der Waals surface area contributed by atoms with Crippen molar-refractivity contribution in [2.75, 3.05) is 7.11 Å². The summed E-state index contributed by atoms with van der Waals surface area (Å²) < 4.78 is 5.19. The van der Waals surface area contributed by atoms with Crippen molar-refractivity contribution < 1.29 is 4.74 Å². The standard InChI is InChI=1S/C13H15NO/c1-9(2)11-5-4-6-13-12(11)7-10(15-3)8-14-13/h4-9H,1-3H3. The average molecular weight is 201 g/mol. The molecule has 1 aromatic carbocycles. The van der Waals surface area contributed by atoms with E-state index in [9.17, 15) is 0 Å². The Kier molecular flexibility index (Phi) is 2.58. The summed E-state index contributed by atoms with van der Waals surface area (Å²) >= 11 is 0. The van der Waals surface area contributed by atoms with Gasteiger partial charge in [-0.2, -0.15) is 0 Å². The summed E-state index contributed by atoms with van der Waals surface area (Å²) in [5.74, 6) is 1.32. The number of hydrogen-bond donors (Lipinski definition) is 0. The molecule has 0 N–H and O–H groups in total. The minimum atomic E-state index is 0.502. The van der Waals surface area contributed by atoms with Crippen molar-refractivity contribution >= 4 is 10.9 Å². The van der Waals surface area contributed by atoms with Gasteiger partial charge in [-0.25, -0.2) is 0 Å². The number of hydrogen-bond acceptors (Lipinski definition) is 2. The molecule has 0 amide bonds. The van der Waals surface area contributed by atoms with E-state index in [-0.39, 0.29) is 0 Å². The molecule has 0 aliphatic rings. The molecule has 0 atom stereocenters. The summed E-state index contributed by atoms with van der Waals surface area (Å²) in [6, 6.07) is 8.28. The number of ether oxygens (including phenoxy) is 1. The maximum absolute atomic E-state index is 5.19. The average Bonchev–Trinajstić information content (AvgIpc) is 2.27. The molecule has 1 aromatic heterocycles. The number of pyridine rings is 1. The van der Waals surface area contributed by atoms with E-state index in [0.29, 0.717) is 5.92 Å². The van der Waals surface area contributed by atoms with Gasteiger partial charge in [0, 0.05) is 5.39 Å². The van der Waals surface area contributed by atoms with Crippen LogP contribution in [-0.4, -0.2) is 12.1 Å².